The molecule has 0 fully saturated rings. The van der Waals surface area contributed by atoms with Crippen molar-refractivity contribution in [1.82, 2.24) is 14.7 Å². The van der Waals surface area contributed by atoms with E-state index < -0.39 is 10.0 Å². The van der Waals surface area contributed by atoms with Crippen molar-refractivity contribution in [3.63, 3.8) is 0 Å². The van der Waals surface area contributed by atoms with Crippen LogP contribution in [0.5, 0.6) is 0 Å². The van der Waals surface area contributed by atoms with Gasteiger partial charge in [-0.2, -0.15) is 9.97 Å². The summed E-state index contributed by atoms with van der Waals surface area (Å²) < 4.78 is 24.1. The van der Waals surface area contributed by atoms with Gasteiger partial charge in [-0.25, -0.2) is 13.1 Å². The van der Waals surface area contributed by atoms with Crippen LogP contribution in [0.2, 0.25) is 0 Å². The van der Waals surface area contributed by atoms with Crippen molar-refractivity contribution < 1.29 is 8.42 Å². The highest BCUT2D eigenvalue weighted by Gasteiger charge is 2.02. The molecule has 1 heterocycles. The third-order valence-electron chi connectivity index (χ3n) is 2.09. The highest BCUT2D eigenvalue weighted by molar-refractivity contribution is 7.88. The molecule has 0 aliphatic rings. The van der Waals surface area contributed by atoms with Crippen LogP contribution in [0, 0.1) is 0 Å². The Morgan fingerprint density at radius 2 is 1.74 bits per heavy atom. The van der Waals surface area contributed by atoms with Gasteiger partial charge in [0.2, 0.25) is 16.0 Å². The standard InChI is InChI=1S/C10H20N6O2S/c1-3-4-12-8-7-9(16-10(11)15-8)13-5-6-14-19(2,17)18/h7,14H,3-6H2,1-2H3,(H4,11,12,13,15,16). The summed E-state index contributed by atoms with van der Waals surface area (Å²) >= 11 is 0. The lowest BCUT2D eigenvalue weighted by Gasteiger charge is -2.09. The van der Waals surface area contributed by atoms with Gasteiger partial charge < -0.3 is 16.4 Å². The van der Waals surface area contributed by atoms with E-state index in [4.69, 9.17) is 5.73 Å². The Bertz CT molecular complexity index is 505. The maximum absolute atomic E-state index is 10.9. The minimum atomic E-state index is -3.17. The molecular formula is C10H20N6O2S. The number of nitrogens with zero attached hydrogens (tertiary/aromatic N) is 2. The summed E-state index contributed by atoms with van der Waals surface area (Å²) in [6.07, 6.45) is 2.09. The summed E-state index contributed by atoms with van der Waals surface area (Å²) in [7, 11) is -3.17. The molecule has 0 spiro atoms. The van der Waals surface area contributed by atoms with E-state index >= 15 is 0 Å². The summed E-state index contributed by atoms with van der Waals surface area (Å²) in [5.74, 6) is 1.37. The molecule has 0 atom stereocenters. The van der Waals surface area contributed by atoms with Crippen LogP contribution in [0.25, 0.3) is 0 Å². The van der Waals surface area contributed by atoms with Crippen molar-refractivity contribution in [2.24, 2.45) is 0 Å². The van der Waals surface area contributed by atoms with Gasteiger partial charge in [0.25, 0.3) is 0 Å². The average Bonchev–Trinajstić information content (AvgIpc) is 2.30. The third kappa shape index (κ3) is 6.77. The van der Waals surface area contributed by atoms with E-state index in [-0.39, 0.29) is 12.5 Å². The zero-order valence-corrected chi connectivity index (χ0v) is 11.9. The van der Waals surface area contributed by atoms with Crippen molar-refractivity contribution in [1.29, 1.82) is 0 Å². The monoisotopic (exact) mass is 288 g/mol. The summed E-state index contributed by atoms with van der Waals surface area (Å²) in [5.41, 5.74) is 5.59. The lowest BCUT2D eigenvalue weighted by atomic mass is 10.4. The zero-order valence-electron chi connectivity index (χ0n) is 11.1. The van der Waals surface area contributed by atoms with Gasteiger partial charge in [0, 0.05) is 25.7 Å². The Balaban J connectivity index is 2.51. The Kier molecular flexibility index (Phi) is 5.77. The highest BCUT2D eigenvalue weighted by Crippen LogP contribution is 2.11. The molecular weight excluding hydrogens is 268 g/mol. The summed E-state index contributed by atoms with van der Waals surface area (Å²) in [6, 6.07) is 1.73. The molecule has 0 amide bonds. The fourth-order valence-electron chi connectivity index (χ4n) is 1.33. The number of rotatable bonds is 8. The molecule has 0 aromatic carbocycles. The number of nitrogens with one attached hydrogen (secondary N) is 3. The Hall–Kier alpha value is -1.61. The molecule has 1 aromatic heterocycles. The van der Waals surface area contributed by atoms with E-state index in [0.29, 0.717) is 18.2 Å². The van der Waals surface area contributed by atoms with Gasteiger partial charge in [0.05, 0.1) is 6.26 Å². The zero-order chi connectivity index (χ0) is 14.3. The molecule has 0 saturated carbocycles. The number of nitrogen functional groups attached to an aromatic ring is 1. The van der Waals surface area contributed by atoms with Gasteiger partial charge in [0.1, 0.15) is 11.6 Å². The van der Waals surface area contributed by atoms with Crippen molar-refractivity contribution in [2.45, 2.75) is 13.3 Å². The second kappa shape index (κ2) is 7.10. The van der Waals surface area contributed by atoms with Gasteiger partial charge in [0.15, 0.2) is 0 Å². The van der Waals surface area contributed by atoms with Gasteiger partial charge in [-0.05, 0) is 6.42 Å². The molecule has 0 saturated heterocycles. The highest BCUT2D eigenvalue weighted by atomic mass is 32.2. The first kappa shape index (κ1) is 15.4. The van der Waals surface area contributed by atoms with Gasteiger partial charge >= 0.3 is 0 Å². The predicted molar refractivity (Wildman–Crippen MR) is 76.6 cm³/mol. The summed E-state index contributed by atoms with van der Waals surface area (Å²) in [6.45, 7) is 3.54. The number of hydrogen-bond acceptors (Lipinski definition) is 7. The van der Waals surface area contributed by atoms with Crippen LogP contribution in [0.3, 0.4) is 0 Å². The van der Waals surface area contributed by atoms with Crippen molar-refractivity contribution in [2.75, 3.05) is 42.3 Å². The quantitative estimate of drug-likeness (QED) is 0.490. The first-order valence-electron chi connectivity index (χ1n) is 5.97. The van der Waals surface area contributed by atoms with Crippen LogP contribution in [0.1, 0.15) is 13.3 Å². The lowest BCUT2D eigenvalue weighted by molar-refractivity contribution is 0.589. The van der Waals surface area contributed by atoms with Crippen LogP contribution in [-0.2, 0) is 10.0 Å². The molecule has 8 nitrogen and oxygen atoms in total. The summed E-state index contributed by atoms with van der Waals surface area (Å²) in [5, 5.41) is 6.08. The molecule has 108 valence electrons. The number of anilines is 3. The molecule has 0 unspecified atom stereocenters. The molecule has 0 aliphatic carbocycles. The Morgan fingerprint density at radius 3 is 2.26 bits per heavy atom. The van der Waals surface area contributed by atoms with E-state index in [0.717, 1.165) is 19.2 Å². The van der Waals surface area contributed by atoms with Crippen molar-refractivity contribution >= 4 is 27.6 Å². The Morgan fingerprint density at radius 1 is 1.16 bits per heavy atom. The maximum Gasteiger partial charge on any atom is 0.223 e. The fraction of sp³-hybridized carbons (Fsp3) is 0.600. The first-order valence-corrected chi connectivity index (χ1v) is 7.87. The van der Waals surface area contributed by atoms with Gasteiger partial charge in [-0.1, -0.05) is 6.92 Å². The predicted octanol–water partition coefficient (Wildman–Crippen LogP) is -0.158. The minimum Gasteiger partial charge on any atom is -0.370 e. The van der Waals surface area contributed by atoms with Crippen LogP contribution < -0.4 is 21.1 Å². The van der Waals surface area contributed by atoms with Crippen LogP contribution in [0.15, 0.2) is 6.07 Å². The SMILES string of the molecule is CCCNc1cc(NCCNS(C)(=O)=O)nc(N)n1. The van der Waals surface area contributed by atoms with Crippen LogP contribution in [-0.4, -0.2) is 44.3 Å². The molecule has 1 aromatic rings. The molecule has 19 heavy (non-hydrogen) atoms. The minimum absolute atomic E-state index is 0.166. The number of sulfonamides is 1. The summed E-state index contributed by atoms with van der Waals surface area (Å²) in [4.78, 5) is 8.06. The van der Waals surface area contributed by atoms with Crippen molar-refractivity contribution in [3.8, 4) is 0 Å². The molecule has 0 aliphatic heterocycles. The second-order valence-corrected chi connectivity index (χ2v) is 5.85. The number of aromatic nitrogens is 2. The topological polar surface area (TPSA) is 122 Å². The van der Waals surface area contributed by atoms with E-state index in [1.807, 2.05) is 6.92 Å². The second-order valence-electron chi connectivity index (χ2n) is 4.02. The van der Waals surface area contributed by atoms with E-state index in [9.17, 15) is 8.42 Å². The number of nitrogens with two attached hydrogens (primary N) is 1. The van der Waals surface area contributed by atoms with E-state index in [2.05, 4.69) is 25.3 Å². The maximum atomic E-state index is 10.9. The first-order chi connectivity index (χ1) is 8.90. The van der Waals surface area contributed by atoms with E-state index in [1.54, 1.807) is 6.07 Å². The lowest BCUT2D eigenvalue weighted by Crippen LogP contribution is -2.27. The molecule has 0 bridgehead atoms. The third-order valence-corrected chi connectivity index (χ3v) is 2.82. The Labute approximate surface area is 113 Å². The molecule has 9 heteroatoms. The van der Waals surface area contributed by atoms with Gasteiger partial charge in [-0.3, -0.25) is 0 Å². The van der Waals surface area contributed by atoms with E-state index in [1.165, 1.54) is 0 Å². The van der Waals surface area contributed by atoms with Crippen LogP contribution >= 0.6 is 0 Å². The molecule has 5 N–H and O–H groups in total. The average molecular weight is 288 g/mol. The number of hydrogen-bond donors (Lipinski definition) is 4. The van der Waals surface area contributed by atoms with Gasteiger partial charge in [-0.15, -0.1) is 0 Å². The van der Waals surface area contributed by atoms with Crippen molar-refractivity contribution in [3.05, 3.63) is 6.07 Å². The normalized spacial score (nSPS) is 11.3. The smallest absolute Gasteiger partial charge is 0.223 e. The fourth-order valence-corrected chi connectivity index (χ4v) is 1.80. The molecule has 1 rings (SSSR count). The largest absolute Gasteiger partial charge is 0.370 e. The molecule has 0 radical (unpaired) electrons. The van der Waals surface area contributed by atoms with Crippen LogP contribution in [0.4, 0.5) is 17.6 Å².